The standard InChI is InChI=1S/C23H26F3N3O2S/c1-2-31-10-4-9-27-17-7-8-18-19(12-17)32-21-20(18)22(30)29(14-28-21)13-15-5-3-6-16(11-15)23(24,25)26/h3,5-6,11,14,17,27H,2,4,7-10,12-13H2,1H3. The van der Waals surface area contributed by atoms with Gasteiger partial charge in [-0.25, -0.2) is 4.98 Å². The lowest BCUT2D eigenvalue weighted by molar-refractivity contribution is -0.137. The highest BCUT2D eigenvalue weighted by Crippen LogP contribution is 2.34. The number of rotatable bonds is 8. The molecule has 0 aliphatic heterocycles. The molecule has 4 rings (SSSR count). The predicted molar refractivity (Wildman–Crippen MR) is 119 cm³/mol. The van der Waals surface area contributed by atoms with Crippen molar-refractivity contribution >= 4 is 21.6 Å². The average Bonchev–Trinajstić information content (AvgIpc) is 3.14. The highest BCUT2D eigenvalue weighted by Gasteiger charge is 2.30. The first kappa shape index (κ1) is 22.9. The van der Waals surface area contributed by atoms with E-state index in [0.717, 1.165) is 63.1 Å². The Morgan fingerprint density at radius 3 is 2.97 bits per heavy atom. The van der Waals surface area contributed by atoms with Crippen LogP contribution in [0.3, 0.4) is 0 Å². The molecule has 2 heterocycles. The molecule has 32 heavy (non-hydrogen) atoms. The van der Waals surface area contributed by atoms with Gasteiger partial charge >= 0.3 is 6.18 Å². The van der Waals surface area contributed by atoms with Crippen LogP contribution in [0, 0.1) is 0 Å². The molecule has 1 N–H and O–H groups in total. The average molecular weight is 466 g/mol. The van der Waals surface area contributed by atoms with Gasteiger partial charge in [0, 0.05) is 24.1 Å². The van der Waals surface area contributed by atoms with Gasteiger partial charge in [0.1, 0.15) is 4.83 Å². The molecule has 1 aliphatic rings. The van der Waals surface area contributed by atoms with Crippen LogP contribution in [0.5, 0.6) is 0 Å². The van der Waals surface area contributed by atoms with E-state index in [2.05, 4.69) is 10.3 Å². The van der Waals surface area contributed by atoms with Crippen LogP contribution in [0.1, 0.15) is 41.3 Å². The van der Waals surface area contributed by atoms with Crippen LogP contribution in [0.4, 0.5) is 13.2 Å². The van der Waals surface area contributed by atoms with Gasteiger partial charge in [0.15, 0.2) is 0 Å². The summed E-state index contributed by atoms with van der Waals surface area (Å²) in [6.45, 7) is 4.42. The van der Waals surface area contributed by atoms with Crippen LogP contribution < -0.4 is 10.9 Å². The third-order valence-corrected chi connectivity index (χ3v) is 6.91. The van der Waals surface area contributed by atoms with Crippen molar-refractivity contribution in [3.8, 4) is 0 Å². The highest BCUT2D eigenvalue weighted by atomic mass is 32.1. The molecule has 0 saturated carbocycles. The number of halogens is 3. The Hall–Kier alpha value is -2.23. The fourth-order valence-corrected chi connectivity index (χ4v) is 5.41. The molecule has 1 atom stereocenters. The van der Waals surface area contributed by atoms with Gasteiger partial charge in [-0.2, -0.15) is 13.2 Å². The van der Waals surface area contributed by atoms with Crippen molar-refractivity contribution in [2.75, 3.05) is 19.8 Å². The number of aryl methyl sites for hydroxylation is 1. The van der Waals surface area contributed by atoms with E-state index < -0.39 is 11.7 Å². The Bertz CT molecular complexity index is 1140. The molecule has 0 fully saturated rings. The number of fused-ring (bicyclic) bond motifs is 3. The predicted octanol–water partition coefficient (Wildman–Crippen LogP) is 4.40. The number of thiophene rings is 1. The Kier molecular flexibility index (Phi) is 6.97. The van der Waals surface area contributed by atoms with Crippen molar-refractivity contribution in [1.82, 2.24) is 14.9 Å². The second-order valence-electron chi connectivity index (χ2n) is 8.00. The Balaban J connectivity index is 1.52. The van der Waals surface area contributed by atoms with Crippen molar-refractivity contribution in [2.24, 2.45) is 0 Å². The normalized spacial score (nSPS) is 16.4. The van der Waals surface area contributed by atoms with Gasteiger partial charge in [0.2, 0.25) is 0 Å². The molecule has 3 aromatic rings. The smallest absolute Gasteiger partial charge is 0.382 e. The van der Waals surface area contributed by atoms with E-state index in [-0.39, 0.29) is 12.1 Å². The van der Waals surface area contributed by atoms with Gasteiger partial charge in [-0.3, -0.25) is 9.36 Å². The number of alkyl halides is 3. The molecule has 1 aliphatic carbocycles. The van der Waals surface area contributed by atoms with Crippen LogP contribution in [-0.2, 0) is 30.3 Å². The molecule has 1 unspecified atom stereocenters. The van der Waals surface area contributed by atoms with E-state index in [1.165, 1.54) is 21.8 Å². The first-order chi connectivity index (χ1) is 15.4. The number of nitrogens with one attached hydrogen (secondary N) is 1. The van der Waals surface area contributed by atoms with Gasteiger partial charge in [-0.05, 0) is 62.4 Å². The van der Waals surface area contributed by atoms with E-state index >= 15 is 0 Å². The zero-order valence-electron chi connectivity index (χ0n) is 17.9. The van der Waals surface area contributed by atoms with E-state index in [4.69, 9.17) is 4.74 Å². The molecule has 1 aromatic carbocycles. The van der Waals surface area contributed by atoms with Crippen molar-refractivity contribution in [1.29, 1.82) is 0 Å². The molecule has 5 nitrogen and oxygen atoms in total. The molecular weight excluding hydrogens is 439 g/mol. The first-order valence-corrected chi connectivity index (χ1v) is 11.7. The van der Waals surface area contributed by atoms with Crippen LogP contribution in [0.2, 0.25) is 0 Å². The minimum atomic E-state index is -4.41. The zero-order valence-corrected chi connectivity index (χ0v) is 18.7. The molecule has 2 aromatic heterocycles. The molecular formula is C23H26F3N3O2S. The molecule has 0 spiro atoms. The topological polar surface area (TPSA) is 56.1 Å². The summed E-state index contributed by atoms with van der Waals surface area (Å²) in [5.74, 6) is 0. The number of ether oxygens (including phenoxy) is 1. The largest absolute Gasteiger partial charge is 0.416 e. The second-order valence-corrected chi connectivity index (χ2v) is 9.09. The fraction of sp³-hybridized carbons (Fsp3) is 0.478. The first-order valence-electron chi connectivity index (χ1n) is 10.8. The zero-order chi connectivity index (χ0) is 22.7. The summed E-state index contributed by atoms with van der Waals surface area (Å²) in [4.78, 5) is 19.5. The molecule has 0 amide bonds. The third-order valence-electron chi connectivity index (χ3n) is 5.75. The number of hydrogen-bond acceptors (Lipinski definition) is 5. The van der Waals surface area contributed by atoms with E-state index in [9.17, 15) is 18.0 Å². The van der Waals surface area contributed by atoms with Gasteiger partial charge in [0.05, 0.1) is 23.8 Å². The van der Waals surface area contributed by atoms with Crippen LogP contribution in [0.15, 0.2) is 35.4 Å². The molecule has 0 bridgehead atoms. The van der Waals surface area contributed by atoms with Crippen molar-refractivity contribution in [3.05, 3.63) is 62.5 Å². The van der Waals surface area contributed by atoms with Crippen molar-refractivity contribution in [2.45, 2.75) is 51.4 Å². The summed E-state index contributed by atoms with van der Waals surface area (Å²) in [5, 5.41) is 4.19. The van der Waals surface area contributed by atoms with Crippen molar-refractivity contribution < 1.29 is 17.9 Å². The summed E-state index contributed by atoms with van der Waals surface area (Å²) in [7, 11) is 0. The molecule has 172 valence electrons. The minimum Gasteiger partial charge on any atom is -0.382 e. The number of nitrogens with zero attached hydrogens (tertiary/aromatic N) is 2. The minimum absolute atomic E-state index is 0.0559. The molecule has 0 radical (unpaired) electrons. The Morgan fingerprint density at radius 1 is 1.34 bits per heavy atom. The monoisotopic (exact) mass is 465 g/mol. The quantitative estimate of drug-likeness (QED) is 0.501. The van der Waals surface area contributed by atoms with E-state index in [0.29, 0.717) is 21.8 Å². The SMILES string of the molecule is CCOCCCNC1CCc2c(sc3ncn(Cc4cccc(C(F)(F)F)c4)c(=O)c23)C1. The lowest BCUT2D eigenvalue weighted by Gasteiger charge is -2.23. The molecule has 0 saturated heterocycles. The van der Waals surface area contributed by atoms with Crippen LogP contribution in [0.25, 0.3) is 10.2 Å². The van der Waals surface area contributed by atoms with Gasteiger partial charge < -0.3 is 10.1 Å². The van der Waals surface area contributed by atoms with Gasteiger partial charge in [-0.15, -0.1) is 11.3 Å². The third kappa shape index (κ3) is 5.05. The summed E-state index contributed by atoms with van der Waals surface area (Å²) in [6.07, 6.45) is 0.585. The summed E-state index contributed by atoms with van der Waals surface area (Å²) >= 11 is 1.55. The summed E-state index contributed by atoms with van der Waals surface area (Å²) in [6, 6.07) is 5.44. The Morgan fingerprint density at radius 2 is 2.19 bits per heavy atom. The summed E-state index contributed by atoms with van der Waals surface area (Å²) < 4.78 is 45.8. The lowest BCUT2D eigenvalue weighted by atomic mass is 9.93. The molecule has 9 heteroatoms. The Labute approximate surface area is 188 Å². The van der Waals surface area contributed by atoms with Crippen LogP contribution >= 0.6 is 11.3 Å². The maximum absolute atomic E-state index is 13.2. The maximum atomic E-state index is 13.2. The van der Waals surface area contributed by atoms with Gasteiger partial charge in [-0.1, -0.05) is 12.1 Å². The highest BCUT2D eigenvalue weighted by molar-refractivity contribution is 7.18. The second kappa shape index (κ2) is 9.72. The number of benzene rings is 1. The number of hydrogen-bond donors (Lipinski definition) is 1. The van der Waals surface area contributed by atoms with E-state index in [1.54, 1.807) is 17.4 Å². The van der Waals surface area contributed by atoms with Crippen LogP contribution in [-0.4, -0.2) is 35.4 Å². The summed E-state index contributed by atoms with van der Waals surface area (Å²) in [5.41, 5.74) is 0.564. The number of aromatic nitrogens is 2. The van der Waals surface area contributed by atoms with Crippen molar-refractivity contribution in [3.63, 3.8) is 0 Å². The fourth-order valence-electron chi connectivity index (χ4n) is 4.16. The lowest BCUT2D eigenvalue weighted by Crippen LogP contribution is -2.35. The maximum Gasteiger partial charge on any atom is 0.416 e. The van der Waals surface area contributed by atoms with Gasteiger partial charge in [0.25, 0.3) is 5.56 Å². The van der Waals surface area contributed by atoms with E-state index in [1.807, 2.05) is 6.92 Å².